The molecule has 0 aliphatic heterocycles. The fourth-order valence-electron chi connectivity index (χ4n) is 2.35. The number of benzene rings is 1. The summed E-state index contributed by atoms with van der Waals surface area (Å²) in [6.45, 7) is 2.60. The quantitative estimate of drug-likeness (QED) is 0.793. The predicted molar refractivity (Wildman–Crippen MR) is 77.9 cm³/mol. The van der Waals surface area contributed by atoms with Crippen molar-refractivity contribution in [1.29, 1.82) is 0 Å². The number of hydrogen-bond donors (Lipinski definition) is 2. The Bertz CT molecular complexity index is 592. The smallest absolute Gasteiger partial charge is 0.313 e. The first-order valence-electron chi connectivity index (χ1n) is 6.73. The molecule has 1 atom stereocenters. The first kappa shape index (κ1) is 14.4. The zero-order chi connectivity index (χ0) is 14.5. The zero-order valence-electron chi connectivity index (χ0n) is 11.8. The van der Waals surface area contributed by atoms with Gasteiger partial charge in [-0.25, -0.2) is 0 Å². The third kappa shape index (κ3) is 2.77. The highest BCUT2D eigenvalue weighted by Gasteiger charge is 2.24. The predicted octanol–water partition coefficient (Wildman–Crippen LogP) is 2.17. The van der Waals surface area contributed by atoms with Crippen LogP contribution in [-0.4, -0.2) is 31.2 Å². The number of carbonyl (C=O) groups excluding carboxylic acids is 1. The number of methoxy groups -OCH3 is 1. The fraction of sp³-hybridized carbons (Fsp3) is 0.400. The van der Waals surface area contributed by atoms with E-state index in [9.17, 15) is 4.79 Å². The van der Waals surface area contributed by atoms with Gasteiger partial charge in [0.05, 0.1) is 19.6 Å². The molecule has 2 rings (SSSR count). The molecule has 0 fully saturated rings. The second kappa shape index (κ2) is 6.43. The van der Waals surface area contributed by atoms with E-state index in [1.807, 2.05) is 24.4 Å². The van der Waals surface area contributed by atoms with Crippen LogP contribution in [-0.2, 0) is 9.53 Å². The monoisotopic (exact) mass is 276 g/mol. The molecule has 3 N–H and O–H groups in total. The van der Waals surface area contributed by atoms with E-state index in [4.69, 9.17) is 15.2 Å². The normalized spacial score (nSPS) is 12.3. The lowest BCUT2D eigenvalue weighted by atomic mass is 9.95. The van der Waals surface area contributed by atoms with Gasteiger partial charge < -0.3 is 20.2 Å². The summed E-state index contributed by atoms with van der Waals surface area (Å²) in [5.74, 6) is 0.177. The van der Waals surface area contributed by atoms with E-state index in [1.165, 1.54) is 0 Å². The molecule has 1 unspecified atom stereocenters. The van der Waals surface area contributed by atoms with Gasteiger partial charge in [-0.05, 0) is 43.7 Å². The van der Waals surface area contributed by atoms with E-state index < -0.39 is 0 Å². The summed E-state index contributed by atoms with van der Waals surface area (Å²) < 4.78 is 10.4. The van der Waals surface area contributed by atoms with Crippen molar-refractivity contribution in [3.05, 3.63) is 30.0 Å². The highest BCUT2D eigenvalue weighted by atomic mass is 16.5. The molecule has 1 aromatic carbocycles. The average Bonchev–Trinajstić information content (AvgIpc) is 2.87. The number of ether oxygens (including phenoxy) is 2. The lowest BCUT2D eigenvalue weighted by Crippen LogP contribution is -2.19. The van der Waals surface area contributed by atoms with Crippen molar-refractivity contribution in [3.8, 4) is 5.75 Å². The van der Waals surface area contributed by atoms with Gasteiger partial charge in [-0.1, -0.05) is 0 Å². The molecular weight excluding hydrogens is 256 g/mol. The van der Waals surface area contributed by atoms with Gasteiger partial charge >= 0.3 is 5.97 Å². The lowest BCUT2D eigenvalue weighted by molar-refractivity contribution is -0.145. The number of aromatic amines is 1. The van der Waals surface area contributed by atoms with Crippen LogP contribution in [0.2, 0.25) is 0 Å². The van der Waals surface area contributed by atoms with E-state index in [1.54, 1.807) is 14.0 Å². The fourth-order valence-corrected chi connectivity index (χ4v) is 2.35. The third-order valence-electron chi connectivity index (χ3n) is 3.32. The van der Waals surface area contributed by atoms with Crippen molar-refractivity contribution >= 4 is 16.9 Å². The van der Waals surface area contributed by atoms with E-state index in [2.05, 4.69) is 4.98 Å². The summed E-state index contributed by atoms with van der Waals surface area (Å²) in [6, 6.07) is 5.73. The molecule has 0 saturated heterocycles. The van der Waals surface area contributed by atoms with Gasteiger partial charge in [0.15, 0.2) is 0 Å². The maximum absolute atomic E-state index is 12.1. The maximum atomic E-state index is 12.1. The minimum absolute atomic E-state index is 0.235. The highest BCUT2D eigenvalue weighted by molar-refractivity contribution is 5.90. The second-order valence-electron chi connectivity index (χ2n) is 4.54. The van der Waals surface area contributed by atoms with Crippen LogP contribution in [0.5, 0.6) is 5.75 Å². The van der Waals surface area contributed by atoms with Crippen LogP contribution in [0, 0.1) is 0 Å². The summed E-state index contributed by atoms with van der Waals surface area (Å²) in [5, 5.41) is 0.968. The Labute approximate surface area is 118 Å². The molecule has 0 aliphatic carbocycles. The average molecular weight is 276 g/mol. The van der Waals surface area contributed by atoms with Gasteiger partial charge in [0.2, 0.25) is 0 Å². The Morgan fingerprint density at radius 1 is 1.45 bits per heavy atom. The van der Waals surface area contributed by atoms with Crippen molar-refractivity contribution in [2.75, 3.05) is 20.3 Å². The number of H-pyrrole nitrogens is 1. The summed E-state index contributed by atoms with van der Waals surface area (Å²) in [7, 11) is 1.62. The lowest BCUT2D eigenvalue weighted by Gasteiger charge is -2.14. The first-order chi connectivity index (χ1) is 9.71. The molecule has 0 saturated carbocycles. The summed E-state index contributed by atoms with van der Waals surface area (Å²) in [4.78, 5) is 15.3. The molecule has 5 nitrogen and oxygen atoms in total. The van der Waals surface area contributed by atoms with Crippen LogP contribution in [0.4, 0.5) is 0 Å². The number of fused-ring (bicyclic) bond motifs is 1. The first-order valence-corrected chi connectivity index (χ1v) is 6.73. The topological polar surface area (TPSA) is 77.3 Å². The van der Waals surface area contributed by atoms with E-state index in [0.29, 0.717) is 19.6 Å². The van der Waals surface area contributed by atoms with Gasteiger partial charge in [0.1, 0.15) is 5.75 Å². The highest BCUT2D eigenvalue weighted by Crippen LogP contribution is 2.31. The van der Waals surface area contributed by atoms with Crippen molar-refractivity contribution in [2.24, 2.45) is 5.73 Å². The third-order valence-corrected chi connectivity index (χ3v) is 3.32. The van der Waals surface area contributed by atoms with E-state index in [0.717, 1.165) is 22.2 Å². The Hall–Kier alpha value is -2.01. The van der Waals surface area contributed by atoms with Crippen molar-refractivity contribution in [2.45, 2.75) is 19.3 Å². The Morgan fingerprint density at radius 2 is 2.25 bits per heavy atom. The van der Waals surface area contributed by atoms with Crippen LogP contribution < -0.4 is 10.5 Å². The number of nitrogens with two attached hydrogens (primary N) is 1. The number of esters is 1. The van der Waals surface area contributed by atoms with Crippen LogP contribution >= 0.6 is 0 Å². The molecule has 20 heavy (non-hydrogen) atoms. The van der Waals surface area contributed by atoms with E-state index in [-0.39, 0.29) is 11.9 Å². The van der Waals surface area contributed by atoms with Gasteiger partial charge in [-0.3, -0.25) is 4.79 Å². The molecule has 108 valence electrons. The van der Waals surface area contributed by atoms with Gasteiger partial charge in [-0.15, -0.1) is 0 Å². The molecule has 0 radical (unpaired) electrons. The molecule has 0 spiro atoms. The minimum atomic E-state index is -0.346. The van der Waals surface area contributed by atoms with E-state index >= 15 is 0 Å². The summed E-state index contributed by atoms with van der Waals surface area (Å²) in [6.07, 6.45) is 2.41. The number of carbonyl (C=O) groups is 1. The molecule has 0 bridgehead atoms. The number of hydrogen-bond acceptors (Lipinski definition) is 4. The molecular formula is C15H20N2O3. The van der Waals surface area contributed by atoms with Gasteiger partial charge in [-0.2, -0.15) is 0 Å². The molecule has 1 heterocycles. The Morgan fingerprint density at radius 3 is 2.90 bits per heavy atom. The zero-order valence-corrected chi connectivity index (χ0v) is 11.8. The van der Waals surface area contributed by atoms with Crippen LogP contribution in [0.15, 0.2) is 24.4 Å². The van der Waals surface area contributed by atoms with Crippen molar-refractivity contribution in [3.63, 3.8) is 0 Å². The van der Waals surface area contributed by atoms with Crippen LogP contribution in [0.1, 0.15) is 24.8 Å². The molecule has 5 heteroatoms. The Balaban J connectivity index is 2.44. The minimum Gasteiger partial charge on any atom is -0.497 e. The van der Waals surface area contributed by atoms with Gasteiger partial charge in [0.25, 0.3) is 0 Å². The second-order valence-corrected chi connectivity index (χ2v) is 4.54. The Kier molecular flexibility index (Phi) is 4.63. The largest absolute Gasteiger partial charge is 0.497 e. The SMILES string of the molecule is CCOC(=O)C(CCN)c1c[nH]c2ccc(OC)cc12. The van der Waals surface area contributed by atoms with Crippen LogP contribution in [0.3, 0.4) is 0 Å². The number of nitrogens with one attached hydrogen (secondary N) is 1. The van der Waals surface area contributed by atoms with Crippen LogP contribution in [0.25, 0.3) is 10.9 Å². The van der Waals surface area contributed by atoms with Crippen molar-refractivity contribution in [1.82, 2.24) is 4.98 Å². The molecule has 0 amide bonds. The molecule has 2 aromatic rings. The standard InChI is InChI=1S/C15H20N2O3/c1-3-20-15(18)11(6-7-16)13-9-17-14-5-4-10(19-2)8-12(13)14/h4-5,8-9,11,17H,3,6-7,16H2,1-2H3. The van der Waals surface area contributed by atoms with Crippen molar-refractivity contribution < 1.29 is 14.3 Å². The number of aromatic nitrogens is 1. The van der Waals surface area contributed by atoms with Gasteiger partial charge in [0, 0.05) is 17.1 Å². The summed E-state index contributed by atoms with van der Waals surface area (Å²) in [5.41, 5.74) is 7.50. The maximum Gasteiger partial charge on any atom is 0.313 e. The number of rotatable bonds is 6. The molecule has 1 aromatic heterocycles. The summed E-state index contributed by atoms with van der Waals surface area (Å²) >= 11 is 0. The molecule has 0 aliphatic rings.